The van der Waals surface area contributed by atoms with Crippen LogP contribution in [0.5, 0.6) is 0 Å². The molecule has 0 saturated carbocycles. The van der Waals surface area contributed by atoms with E-state index in [0.717, 1.165) is 32.1 Å². The summed E-state index contributed by atoms with van der Waals surface area (Å²) in [6, 6.07) is 9.87. The predicted octanol–water partition coefficient (Wildman–Crippen LogP) is 4.44. The van der Waals surface area contributed by atoms with Crippen molar-refractivity contribution in [1.82, 2.24) is 4.40 Å². The van der Waals surface area contributed by atoms with Crippen LogP contribution in [-0.4, -0.2) is 10.7 Å². The minimum Gasteiger partial charge on any atom is -0.313 e. The second kappa shape index (κ2) is 4.26. The van der Waals surface area contributed by atoms with Crippen LogP contribution in [0.1, 0.15) is 16.1 Å². The molecule has 18 heavy (non-hydrogen) atoms. The van der Waals surface area contributed by atoms with Crippen molar-refractivity contribution in [2.24, 2.45) is 0 Å². The van der Waals surface area contributed by atoms with Gasteiger partial charge in [0, 0.05) is 22.2 Å². The lowest BCUT2D eigenvalue weighted by Crippen LogP contribution is -1.92. The molecule has 0 spiro atoms. The molecular formula is C14H10ClNOS. The number of aromatic nitrogens is 1. The summed E-state index contributed by atoms with van der Waals surface area (Å²) in [5.41, 5.74) is 3.75. The summed E-state index contributed by atoms with van der Waals surface area (Å²) in [5.74, 6) is 0. The highest BCUT2D eigenvalue weighted by atomic mass is 35.5. The summed E-state index contributed by atoms with van der Waals surface area (Å²) in [4.78, 5) is 12.4. The summed E-state index contributed by atoms with van der Waals surface area (Å²) < 4.78 is 2.65. The maximum atomic E-state index is 11.3. The van der Waals surface area contributed by atoms with Gasteiger partial charge in [-0.25, -0.2) is 0 Å². The van der Waals surface area contributed by atoms with Crippen LogP contribution in [0.15, 0.2) is 36.5 Å². The number of hydrogen-bond acceptors (Lipinski definition) is 2. The molecule has 3 aromatic heterocycles. The van der Waals surface area contributed by atoms with Gasteiger partial charge in [-0.15, -0.1) is 11.3 Å². The number of halogens is 1. The molecule has 0 atom stereocenters. The van der Waals surface area contributed by atoms with E-state index in [1.54, 1.807) is 0 Å². The lowest BCUT2D eigenvalue weighted by molar-refractivity contribution is 0.111. The molecule has 0 aliphatic carbocycles. The highest BCUT2D eigenvalue weighted by molar-refractivity contribution is 7.19. The van der Waals surface area contributed by atoms with Gasteiger partial charge in [-0.3, -0.25) is 4.79 Å². The number of aldehydes is 1. The molecule has 0 N–H and O–H groups in total. The van der Waals surface area contributed by atoms with Crippen molar-refractivity contribution in [2.45, 2.75) is 6.92 Å². The largest absolute Gasteiger partial charge is 0.313 e. The number of carbonyl (C=O) groups is 1. The van der Waals surface area contributed by atoms with Gasteiger partial charge in [0.25, 0.3) is 0 Å². The molecule has 0 aliphatic heterocycles. The van der Waals surface area contributed by atoms with Crippen molar-refractivity contribution >= 4 is 34.7 Å². The lowest BCUT2D eigenvalue weighted by Gasteiger charge is -1.99. The van der Waals surface area contributed by atoms with E-state index in [-0.39, 0.29) is 0 Å². The third kappa shape index (κ3) is 1.76. The Kier molecular flexibility index (Phi) is 2.73. The molecule has 0 aromatic carbocycles. The maximum Gasteiger partial charge on any atom is 0.167 e. The van der Waals surface area contributed by atoms with Gasteiger partial charge in [0.2, 0.25) is 0 Å². The summed E-state index contributed by atoms with van der Waals surface area (Å²) in [7, 11) is 0. The minimum atomic E-state index is 0.673. The van der Waals surface area contributed by atoms with Crippen LogP contribution in [0.2, 0.25) is 4.34 Å². The first-order valence-corrected chi connectivity index (χ1v) is 6.71. The molecule has 0 bridgehead atoms. The molecule has 0 unspecified atom stereocenters. The average Bonchev–Trinajstić information content (AvgIpc) is 2.91. The summed E-state index contributed by atoms with van der Waals surface area (Å²) in [6.07, 6.45) is 2.87. The molecule has 90 valence electrons. The molecular weight excluding hydrogens is 266 g/mol. The second-order valence-corrected chi connectivity index (χ2v) is 5.88. The Labute approximate surface area is 113 Å². The monoisotopic (exact) mass is 275 g/mol. The van der Waals surface area contributed by atoms with Gasteiger partial charge in [-0.2, -0.15) is 0 Å². The van der Waals surface area contributed by atoms with Crippen LogP contribution in [0.3, 0.4) is 0 Å². The van der Waals surface area contributed by atoms with Crippen molar-refractivity contribution < 1.29 is 4.79 Å². The van der Waals surface area contributed by atoms with E-state index < -0.39 is 0 Å². The molecule has 2 nitrogen and oxygen atoms in total. The number of rotatable bonds is 2. The van der Waals surface area contributed by atoms with Crippen LogP contribution in [0, 0.1) is 6.92 Å². The van der Waals surface area contributed by atoms with Crippen LogP contribution < -0.4 is 0 Å². The van der Waals surface area contributed by atoms with E-state index in [9.17, 15) is 4.79 Å². The quantitative estimate of drug-likeness (QED) is 0.634. The average molecular weight is 276 g/mol. The fourth-order valence-corrected chi connectivity index (χ4v) is 3.14. The van der Waals surface area contributed by atoms with Crippen molar-refractivity contribution in [3.8, 4) is 10.4 Å². The van der Waals surface area contributed by atoms with Gasteiger partial charge < -0.3 is 4.40 Å². The molecule has 0 aliphatic rings. The Morgan fingerprint density at radius 2 is 2.11 bits per heavy atom. The van der Waals surface area contributed by atoms with E-state index >= 15 is 0 Å². The van der Waals surface area contributed by atoms with Gasteiger partial charge in [-0.1, -0.05) is 17.7 Å². The Hall–Kier alpha value is -1.58. The standard InChI is InChI=1S/C14H10ClNOS/c1-9-2-3-10-6-11(12(8-17)16(10)7-9)13-4-5-14(15)18-13/h2-8H,1H3. The van der Waals surface area contributed by atoms with E-state index in [2.05, 4.69) is 0 Å². The number of fused-ring (bicyclic) bond motifs is 1. The first kappa shape index (κ1) is 11.5. The first-order valence-electron chi connectivity index (χ1n) is 5.51. The molecule has 0 amide bonds. The number of thiophene rings is 1. The number of pyridine rings is 1. The number of hydrogen-bond donors (Lipinski definition) is 0. The molecule has 0 saturated heterocycles. The number of aryl methyl sites for hydroxylation is 1. The van der Waals surface area contributed by atoms with E-state index in [0.29, 0.717) is 5.69 Å². The van der Waals surface area contributed by atoms with Crippen molar-refractivity contribution in [3.63, 3.8) is 0 Å². The molecule has 3 rings (SSSR count). The Morgan fingerprint density at radius 3 is 2.78 bits per heavy atom. The summed E-state index contributed by atoms with van der Waals surface area (Å²) in [5, 5.41) is 0. The predicted molar refractivity (Wildman–Crippen MR) is 75.8 cm³/mol. The molecule has 3 aromatic rings. The maximum absolute atomic E-state index is 11.3. The van der Waals surface area contributed by atoms with Gasteiger partial charge >= 0.3 is 0 Å². The molecule has 4 heteroatoms. The third-order valence-electron chi connectivity index (χ3n) is 2.91. The van der Waals surface area contributed by atoms with Crippen molar-refractivity contribution in [1.29, 1.82) is 0 Å². The minimum absolute atomic E-state index is 0.673. The Balaban J connectivity index is 2.32. The van der Waals surface area contributed by atoms with E-state index in [1.165, 1.54) is 11.3 Å². The number of nitrogens with zero attached hydrogens (tertiary/aromatic N) is 1. The highest BCUT2D eigenvalue weighted by Crippen LogP contribution is 2.34. The number of carbonyl (C=O) groups excluding carboxylic acids is 1. The summed E-state index contributed by atoms with van der Waals surface area (Å²) in [6.45, 7) is 2.01. The zero-order valence-electron chi connectivity index (χ0n) is 9.68. The third-order valence-corrected chi connectivity index (χ3v) is 4.17. The highest BCUT2D eigenvalue weighted by Gasteiger charge is 2.13. The lowest BCUT2D eigenvalue weighted by atomic mass is 10.2. The topological polar surface area (TPSA) is 21.5 Å². The SMILES string of the molecule is Cc1ccc2cc(-c3ccc(Cl)s3)c(C=O)n2c1. The smallest absolute Gasteiger partial charge is 0.167 e. The van der Waals surface area contributed by atoms with E-state index in [4.69, 9.17) is 11.6 Å². The molecule has 0 radical (unpaired) electrons. The summed E-state index contributed by atoms with van der Waals surface area (Å²) >= 11 is 7.44. The van der Waals surface area contributed by atoms with E-state index in [1.807, 2.05) is 47.9 Å². The fourth-order valence-electron chi connectivity index (χ4n) is 2.07. The van der Waals surface area contributed by atoms with Gasteiger partial charge in [0.1, 0.15) is 0 Å². The van der Waals surface area contributed by atoms with Crippen LogP contribution in [0.25, 0.3) is 16.0 Å². The zero-order valence-corrected chi connectivity index (χ0v) is 11.3. The Bertz CT molecular complexity index is 741. The van der Waals surface area contributed by atoms with Gasteiger partial charge in [-0.05, 0) is 36.8 Å². The van der Waals surface area contributed by atoms with Crippen molar-refractivity contribution in [3.05, 3.63) is 52.1 Å². The zero-order chi connectivity index (χ0) is 12.7. The van der Waals surface area contributed by atoms with Crippen molar-refractivity contribution in [2.75, 3.05) is 0 Å². The second-order valence-electron chi connectivity index (χ2n) is 4.17. The van der Waals surface area contributed by atoms with Gasteiger partial charge in [0.15, 0.2) is 6.29 Å². The van der Waals surface area contributed by atoms with Crippen LogP contribution in [0.4, 0.5) is 0 Å². The normalized spacial score (nSPS) is 11.0. The van der Waals surface area contributed by atoms with Crippen LogP contribution in [-0.2, 0) is 0 Å². The van der Waals surface area contributed by atoms with Crippen LogP contribution >= 0.6 is 22.9 Å². The molecule has 0 fully saturated rings. The Morgan fingerprint density at radius 1 is 1.28 bits per heavy atom. The molecule has 3 heterocycles. The van der Waals surface area contributed by atoms with Gasteiger partial charge in [0.05, 0.1) is 10.0 Å². The first-order chi connectivity index (χ1) is 8.69. The fraction of sp³-hybridized carbons (Fsp3) is 0.0714.